The van der Waals surface area contributed by atoms with Gasteiger partial charge in [-0.05, 0) is 48.7 Å². The zero-order chi connectivity index (χ0) is 17.7. The third kappa shape index (κ3) is 4.26. The van der Waals surface area contributed by atoms with Crippen LogP contribution in [-0.4, -0.2) is 31.0 Å². The Balaban J connectivity index is 2.31. The number of halogens is 1. The van der Waals surface area contributed by atoms with Crippen molar-refractivity contribution in [3.63, 3.8) is 0 Å². The van der Waals surface area contributed by atoms with Crippen LogP contribution in [0.3, 0.4) is 0 Å². The summed E-state index contributed by atoms with van der Waals surface area (Å²) in [5, 5.41) is 8.97. The molecule has 0 amide bonds. The highest BCUT2D eigenvalue weighted by atomic mass is 35.5. The lowest BCUT2D eigenvalue weighted by atomic mass is 10.1. The van der Waals surface area contributed by atoms with Gasteiger partial charge >= 0.3 is 5.97 Å². The van der Waals surface area contributed by atoms with Crippen molar-refractivity contribution in [2.45, 2.75) is 13.8 Å². The second-order valence-electron chi connectivity index (χ2n) is 5.19. The zero-order valence-corrected chi connectivity index (χ0v) is 14.4. The van der Waals surface area contributed by atoms with E-state index in [4.69, 9.17) is 26.2 Å². The van der Waals surface area contributed by atoms with Crippen LogP contribution in [0.25, 0.3) is 0 Å². The Bertz CT molecular complexity index is 787. The molecule has 0 radical (unpaired) electrons. The first kappa shape index (κ1) is 17.8. The van der Waals surface area contributed by atoms with Crippen LogP contribution in [0.5, 0.6) is 11.5 Å². The van der Waals surface area contributed by atoms with Crippen LogP contribution in [-0.2, 0) is 4.79 Å². The topological polar surface area (TPSA) is 68.1 Å². The van der Waals surface area contributed by atoms with Crippen LogP contribution in [0.4, 0.5) is 5.69 Å². The second kappa shape index (κ2) is 7.84. The molecule has 2 rings (SSSR count). The lowest BCUT2D eigenvalue weighted by Crippen LogP contribution is -2.10. The quantitative estimate of drug-likeness (QED) is 0.796. The average molecular weight is 348 g/mol. The summed E-state index contributed by atoms with van der Waals surface area (Å²) in [6, 6.07) is 9.25. The van der Waals surface area contributed by atoms with Crippen molar-refractivity contribution < 1.29 is 19.4 Å². The van der Waals surface area contributed by atoms with Crippen molar-refractivity contribution in [1.82, 2.24) is 0 Å². The van der Waals surface area contributed by atoms with E-state index in [1.807, 2.05) is 32.0 Å². The summed E-state index contributed by atoms with van der Waals surface area (Å²) in [5.41, 5.74) is 3.86. The molecule has 0 aliphatic carbocycles. The van der Waals surface area contributed by atoms with Crippen molar-refractivity contribution in [2.75, 3.05) is 13.7 Å². The Hall–Kier alpha value is -2.53. The highest BCUT2D eigenvalue weighted by Crippen LogP contribution is 2.36. The third-order valence-corrected chi connectivity index (χ3v) is 3.80. The molecule has 5 nitrogen and oxygen atoms in total. The SMILES string of the molecule is COc1cc(C=Nc2cccc(C)c2C)cc(Cl)c1OCC(=O)O. The van der Waals surface area contributed by atoms with E-state index in [9.17, 15) is 4.79 Å². The highest BCUT2D eigenvalue weighted by Gasteiger charge is 2.13. The normalized spacial score (nSPS) is 10.8. The van der Waals surface area contributed by atoms with E-state index >= 15 is 0 Å². The fraction of sp³-hybridized carbons (Fsp3) is 0.222. The minimum Gasteiger partial charge on any atom is -0.493 e. The van der Waals surface area contributed by atoms with Gasteiger partial charge in [-0.1, -0.05) is 23.7 Å². The predicted molar refractivity (Wildman–Crippen MR) is 94.3 cm³/mol. The van der Waals surface area contributed by atoms with Gasteiger partial charge in [0.15, 0.2) is 18.1 Å². The van der Waals surface area contributed by atoms with E-state index in [1.165, 1.54) is 7.11 Å². The monoisotopic (exact) mass is 347 g/mol. The molecule has 6 heteroatoms. The number of aliphatic carboxylic acids is 1. The van der Waals surface area contributed by atoms with E-state index in [1.54, 1.807) is 18.3 Å². The molecule has 0 atom stereocenters. The zero-order valence-electron chi connectivity index (χ0n) is 13.7. The van der Waals surface area contributed by atoms with Crippen LogP contribution < -0.4 is 9.47 Å². The van der Waals surface area contributed by atoms with Gasteiger partial charge in [0.2, 0.25) is 0 Å². The van der Waals surface area contributed by atoms with Crippen molar-refractivity contribution >= 4 is 29.5 Å². The molecule has 0 aliphatic heterocycles. The van der Waals surface area contributed by atoms with E-state index in [2.05, 4.69) is 4.99 Å². The number of carboxylic acid groups (broad SMARTS) is 1. The standard InChI is InChI=1S/C18H18ClNO4/c1-11-5-4-6-15(12(11)2)20-9-13-7-14(19)18(16(8-13)23-3)24-10-17(21)22/h4-9H,10H2,1-3H3,(H,21,22). The van der Waals surface area contributed by atoms with Gasteiger partial charge in [-0.25, -0.2) is 4.79 Å². The van der Waals surface area contributed by atoms with E-state index in [0.717, 1.165) is 22.4 Å². The summed E-state index contributed by atoms with van der Waals surface area (Å²) < 4.78 is 10.4. The number of ether oxygens (including phenoxy) is 2. The fourth-order valence-corrected chi connectivity index (χ4v) is 2.38. The van der Waals surface area contributed by atoms with E-state index in [0.29, 0.717) is 5.75 Å². The smallest absolute Gasteiger partial charge is 0.341 e. The van der Waals surface area contributed by atoms with Crippen LogP contribution >= 0.6 is 11.6 Å². The summed E-state index contributed by atoms with van der Waals surface area (Å²) >= 11 is 6.18. The molecule has 0 fully saturated rings. The maximum Gasteiger partial charge on any atom is 0.341 e. The number of hydrogen-bond acceptors (Lipinski definition) is 4. The maximum atomic E-state index is 10.6. The summed E-state index contributed by atoms with van der Waals surface area (Å²) in [5.74, 6) is -0.537. The molecule has 0 aliphatic rings. The summed E-state index contributed by atoms with van der Waals surface area (Å²) in [7, 11) is 1.46. The van der Waals surface area contributed by atoms with Gasteiger partial charge in [0.25, 0.3) is 0 Å². The largest absolute Gasteiger partial charge is 0.493 e. The van der Waals surface area contributed by atoms with E-state index in [-0.39, 0.29) is 10.8 Å². The first-order chi connectivity index (χ1) is 11.4. The molecule has 0 saturated heterocycles. The molecule has 0 bridgehead atoms. The molecule has 0 heterocycles. The number of carboxylic acids is 1. The van der Waals surface area contributed by atoms with Gasteiger partial charge < -0.3 is 14.6 Å². The van der Waals surface area contributed by atoms with Crippen LogP contribution in [0, 0.1) is 13.8 Å². The van der Waals surface area contributed by atoms with Crippen molar-refractivity contribution in [1.29, 1.82) is 0 Å². The first-order valence-electron chi connectivity index (χ1n) is 7.24. The molecule has 24 heavy (non-hydrogen) atoms. The van der Waals surface area contributed by atoms with Crippen molar-refractivity contribution in [3.05, 3.63) is 52.0 Å². The lowest BCUT2D eigenvalue weighted by Gasteiger charge is -2.12. The molecule has 0 aromatic heterocycles. The minimum atomic E-state index is -1.09. The third-order valence-electron chi connectivity index (χ3n) is 3.52. The summed E-state index contributed by atoms with van der Waals surface area (Å²) in [6.07, 6.45) is 1.68. The van der Waals surface area contributed by atoms with Gasteiger partial charge in [-0.2, -0.15) is 0 Å². The summed E-state index contributed by atoms with van der Waals surface area (Å²) in [4.78, 5) is 15.1. The molecule has 2 aromatic carbocycles. The number of nitrogens with zero attached hydrogens (tertiary/aromatic N) is 1. The molecule has 0 unspecified atom stereocenters. The Labute approximate surface area is 145 Å². The number of rotatable bonds is 6. The molecular weight excluding hydrogens is 330 g/mol. The predicted octanol–water partition coefficient (Wildman–Crippen LogP) is 4.18. The molecule has 1 N–H and O–H groups in total. The number of hydrogen-bond donors (Lipinski definition) is 1. The lowest BCUT2D eigenvalue weighted by molar-refractivity contribution is -0.139. The number of benzene rings is 2. The molecule has 0 spiro atoms. The van der Waals surface area contributed by atoms with Gasteiger partial charge in [-0.15, -0.1) is 0 Å². The van der Waals surface area contributed by atoms with Crippen LogP contribution in [0.15, 0.2) is 35.3 Å². The maximum absolute atomic E-state index is 10.6. The van der Waals surface area contributed by atoms with Gasteiger partial charge in [-0.3, -0.25) is 4.99 Å². The Morgan fingerprint density at radius 3 is 2.75 bits per heavy atom. The molecule has 126 valence electrons. The van der Waals surface area contributed by atoms with Crippen molar-refractivity contribution in [2.24, 2.45) is 4.99 Å². The Morgan fingerprint density at radius 2 is 2.08 bits per heavy atom. The molecule has 2 aromatic rings. The van der Waals surface area contributed by atoms with Crippen LogP contribution in [0.2, 0.25) is 5.02 Å². The van der Waals surface area contributed by atoms with Crippen molar-refractivity contribution in [3.8, 4) is 11.5 Å². The second-order valence-corrected chi connectivity index (χ2v) is 5.60. The number of carbonyl (C=O) groups is 1. The number of aryl methyl sites for hydroxylation is 1. The van der Waals surface area contributed by atoms with Gasteiger partial charge in [0.05, 0.1) is 17.8 Å². The van der Waals surface area contributed by atoms with Crippen LogP contribution in [0.1, 0.15) is 16.7 Å². The average Bonchev–Trinajstić information content (AvgIpc) is 2.54. The first-order valence-corrected chi connectivity index (χ1v) is 7.62. The Kier molecular flexibility index (Phi) is 5.82. The summed E-state index contributed by atoms with van der Waals surface area (Å²) in [6.45, 7) is 3.55. The molecular formula is C18H18ClNO4. The number of aliphatic imine (C=N–C) groups is 1. The van der Waals surface area contributed by atoms with Gasteiger partial charge in [0, 0.05) is 6.21 Å². The highest BCUT2D eigenvalue weighted by molar-refractivity contribution is 6.32. The van der Waals surface area contributed by atoms with E-state index < -0.39 is 12.6 Å². The fourth-order valence-electron chi connectivity index (χ4n) is 2.11. The number of methoxy groups -OCH3 is 1. The molecule has 0 saturated carbocycles. The van der Waals surface area contributed by atoms with Gasteiger partial charge in [0.1, 0.15) is 0 Å². The Morgan fingerprint density at radius 1 is 1.33 bits per heavy atom. The minimum absolute atomic E-state index is 0.199.